The Hall–Kier alpha value is -1.84. The molecule has 7 nitrogen and oxygen atoms in total. The molecule has 1 saturated heterocycles. The number of fused-ring (bicyclic) bond motifs is 1. The maximum atomic E-state index is 12.5. The number of alkyl halides is 3. The van der Waals surface area contributed by atoms with E-state index >= 15 is 0 Å². The van der Waals surface area contributed by atoms with Gasteiger partial charge in [0.25, 0.3) is 0 Å². The number of halogens is 3. The highest BCUT2D eigenvalue weighted by atomic mass is 19.4. The van der Waals surface area contributed by atoms with Crippen LogP contribution in [0.1, 0.15) is 30.9 Å². The maximum absolute atomic E-state index is 12.5. The normalized spacial score (nSPS) is 22.1. The van der Waals surface area contributed by atoms with E-state index in [-0.39, 0.29) is 6.04 Å². The number of aromatic nitrogens is 3. The molecule has 10 heteroatoms. The van der Waals surface area contributed by atoms with Crippen LogP contribution in [0.25, 0.3) is 0 Å². The van der Waals surface area contributed by atoms with Gasteiger partial charge in [-0.25, -0.2) is 0 Å². The van der Waals surface area contributed by atoms with Crippen molar-refractivity contribution in [1.82, 2.24) is 30.3 Å². The molecule has 0 amide bonds. The van der Waals surface area contributed by atoms with Crippen LogP contribution in [0.5, 0.6) is 0 Å². The zero-order valence-electron chi connectivity index (χ0n) is 14.3. The summed E-state index contributed by atoms with van der Waals surface area (Å²) in [5.74, 6) is 2.46. The quantitative estimate of drug-likeness (QED) is 0.618. The lowest BCUT2D eigenvalue weighted by atomic mass is 10.2. The Bertz CT molecular complexity index is 611. The lowest BCUT2D eigenvalue weighted by Gasteiger charge is -2.20. The molecule has 1 aromatic heterocycles. The van der Waals surface area contributed by atoms with Gasteiger partial charge in [0.15, 0.2) is 11.8 Å². The molecular formula is C15H24F3N7. The van der Waals surface area contributed by atoms with Crippen molar-refractivity contribution in [2.45, 2.75) is 51.0 Å². The van der Waals surface area contributed by atoms with Gasteiger partial charge in [-0.05, 0) is 19.3 Å². The Balaban J connectivity index is 1.48. The summed E-state index contributed by atoms with van der Waals surface area (Å²) in [6.45, 7) is 1.36. The van der Waals surface area contributed by atoms with Crippen molar-refractivity contribution < 1.29 is 13.2 Å². The summed E-state index contributed by atoms with van der Waals surface area (Å²) in [7, 11) is 1.65. The van der Waals surface area contributed by atoms with E-state index in [0.29, 0.717) is 32.0 Å². The van der Waals surface area contributed by atoms with Crippen LogP contribution in [0.3, 0.4) is 0 Å². The van der Waals surface area contributed by atoms with Crippen molar-refractivity contribution in [3.8, 4) is 0 Å². The molecule has 0 radical (unpaired) electrons. The fraction of sp³-hybridized carbons (Fsp3) is 0.800. The van der Waals surface area contributed by atoms with Crippen LogP contribution >= 0.6 is 0 Å². The van der Waals surface area contributed by atoms with Crippen molar-refractivity contribution in [3.63, 3.8) is 0 Å². The number of nitrogens with zero attached hydrogens (tertiary/aromatic N) is 5. The first-order valence-electron chi connectivity index (χ1n) is 8.62. The van der Waals surface area contributed by atoms with E-state index in [1.165, 1.54) is 4.90 Å². The van der Waals surface area contributed by atoms with E-state index in [1.54, 1.807) is 7.05 Å². The first-order valence-corrected chi connectivity index (χ1v) is 8.62. The smallest absolute Gasteiger partial charge is 0.352 e. The average molecular weight is 359 g/mol. The zero-order valence-corrected chi connectivity index (χ0v) is 14.3. The van der Waals surface area contributed by atoms with Crippen LogP contribution < -0.4 is 10.6 Å². The first kappa shape index (κ1) is 18.0. The largest absolute Gasteiger partial charge is 0.401 e. The molecule has 0 bridgehead atoms. The third-order valence-corrected chi connectivity index (χ3v) is 4.59. The van der Waals surface area contributed by atoms with Crippen LogP contribution in [0.2, 0.25) is 0 Å². The summed E-state index contributed by atoms with van der Waals surface area (Å²) in [4.78, 5) is 5.58. The monoisotopic (exact) mass is 359 g/mol. The second kappa shape index (κ2) is 7.59. The van der Waals surface area contributed by atoms with Crippen LogP contribution in [0, 0.1) is 0 Å². The molecule has 0 spiro atoms. The molecule has 0 aromatic carbocycles. The summed E-state index contributed by atoms with van der Waals surface area (Å²) >= 11 is 0. The van der Waals surface area contributed by atoms with Crippen molar-refractivity contribution >= 4 is 5.96 Å². The van der Waals surface area contributed by atoms with Gasteiger partial charge in [0, 0.05) is 39.1 Å². The van der Waals surface area contributed by atoms with Crippen LogP contribution in [0.4, 0.5) is 13.2 Å². The minimum atomic E-state index is -4.15. The molecule has 1 atom stereocenters. The molecular weight excluding hydrogens is 335 g/mol. The highest BCUT2D eigenvalue weighted by Crippen LogP contribution is 2.20. The highest BCUT2D eigenvalue weighted by molar-refractivity contribution is 5.79. The molecule has 3 rings (SSSR count). The number of likely N-dealkylation sites (tertiary alicyclic amines) is 1. The molecule has 2 aliphatic rings. The minimum absolute atomic E-state index is 0.0409. The van der Waals surface area contributed by atoms with Gasteiger partial charge in [-0.15, -0.1) is 10.2 Å². The molecule has 3 heterocycles. The Morgan fingerprint density at radius 1 is 1.28 bits per heavy atom. The highest BCUT2D eigenvalue weighted by Gasteiger charge is 2.34. The van der Waals surface area contributed by atoms with Crippen LogP contribution in [-0.2, 0) is 19.5 Å². The second-order valence-corrected chi connectivity index (χ2v) is 6.55. The summed E-state index contributed by atoms with van der Waals surface area (Å²) in [6.07, 6.45) is -0.261. The molecule has 1 fully saturated rings. The summed E-state index contributed by atoms with van der Waals surface area (Å²) in [5, 5.41) is 14.8. The van der Waals surface area contributed by atoms with Gasteiger partial charge in [-0.2, -0.15) is 13.2 Å². The van der Waals surface area contributed by atoms with Gasteiger partial charge in [-0.1, -0.05) is 0 Å². The summed E-state index contributed by atoms with van der Waals surface area (Å²) in [5.41, 5.74) is 0. The van der Waals surface area contributed by atoms with E-state index in [1.807, 2.05) is 0 Å². The topological polar surface area (TPSA) is 70.4 Å². The van der Waals surface area contributed by atoms with Gasteiger partial charge in [0.1, 0.15) is 5.82 Å². The lowest BCUT2D eigenvalue weighted by molar-refractivity contribution is -0.143. The number of hydrogen-bond acceptors (Lipinski definition) is 4. The average Bonchev–Trinajstić information content (AvgIpc) is 3.16. The molecule has 1 aromatic rings. The van der Waals surface area contributed by atoms with E-state index < -0.39 is 12.7 Å². The van der Waals surface area contributed by atoms with Gasteiger partial charge in [0.2, 0.25) is 0 Å². The number of nitrogens with one attached hydrogen (secondary N) is 2. The fourth-order valence-corrected chi connectivity index (χ4v) is 3.40. The molecule has 1 unspecified atom stereocenters. The van der Waals surface area contributed by atoms with Crippen molar-refractivity contribution in [2.75, 3.05) is 26.7 Å². The molecule has 0 aliphatic carbocycles. The van der Waals surface area contributed by atoms with Gasteiger partial charge >= 0.3 is 6.18 Å². The second-order valence-electron chi connectivity index (χ2n) is 6.55. The predicted octanol–water partition coefficient (Wildman–Crippen LogP) is 0.916. The third kappa shape index (κ3) is 4.83. The molecule has 2 N–H and O–H groups in total. The van der Waals surface area contributed by atoms with Crippen LogP contribution in [0.15, 0.2) is 4.99 Å². The van der Waals surface area contributed by atoms with Crippen molar-refractivity contribution in [3.05, 3.63) is 11.6 Å². The molecule has 25 heavy (non-hydrogen) atoms. The number of aliphatic imine (C=N–C) groups is 1. The van der Waals surface area contributed by atoms with Gasteiger partial charge in [-0.3, -0.25) is 9.89 Å². The third-order valence-electron chi connectivity index (χ3n) is 4.59. The SMILES string of the molecule is CN=C(NCc1nnc2n1CCCC2)NC1CCN(CC(F)(F)F)C1. The Labute approximate surface area is 144 Å². The van der Waals surface area contributed by atoms with E-state index in [9.17, 15) is 13.2 Å². The summed E-state index contributed by atoms with van der Waals surface area (Å²) < 4.78 is 39.5. The summed E-state index contributed by atoms with van der Waals surface area (Å²) in [6, 6.07) is -0.0409. The predicted molar refractivity (Wildman–Crippen MR) is 87.2 cm³/mol. The molecule has 140 valence electrons. The number of hydrogen-bond donors (Lipinski definition) is 2. The number of guanidine groups is 1. The Kier molecular flexibility index (Phi) is 5.45. The Morgan fingerprint density at radius 3 is 2.88 bits per heavy atom. The van der Waals surface area contributed by atoms with Crippen LogP contribution in [-0.4, -0.2) is 64.5 Å². The first-order chi connectivity index (χ1) is 11.9. The Morgan fingerprint density at radius 2 is 2.12 bits per heavy atom. The van der Waals surface area contributed by atoms with E-state index in [0.717, 1.165) is 37.5 Å². The van der Waals surface area contributed by atoms with Crippen molar-refractivity contribution in [1.29, 1.82) is 0 Å². The molecule has 0 saturated carbocycles. The van der Waals surface area contributed by atoms with Gasteiger partial charge < -0.3 is 15.2 Å². The van der Waals surface area contributed by atoms with E-state index in [4.69, 9.17) is 0 Å². The van der Waals surface area contributed by atoms with E-state index in [2.05, 4.69) is 30.4 Å². The van der Waals surface area contributed by atoms with Crippen molar-refractivity contribution in [2.24, 2.45) is 4.99 Å². The zero-order chi connectivity index (χ0) is 17.9. The fourth-order valence-electron chi connectivity index (χ4n) is 3.40. The maximum Gasteiger partial charge on any atom is 0.401 e. The molecule has 2 aliphatic heterocycles. The van der Waals surface area contributed by atoms with Gasteiger partial charge in [0.05, 0.1) is 13.1 Å². The number of rotatable bonds is 4. The minimum Gasteiger partial charge on any atom is -0.352 e. The lowest BCUT2D eigenvalue weighted by Crippen LogP contribution is -2.45. The standard InChI is InChI=1S/C15H24F3N7/c1-19-14(21-11-5-7-24(9-11)10-15(16,17)18)20-8-13-23-22-12-4-2-3-6-25(12)13/h11H,2-10H2,1H3,(H2,19,20,21). The number of aryl methyl sites for hydroxylation is 1.